The molecule has 0 saturated carbocycles. The highest BCUT2D eigenvalue weighted by molar-refractivity contribution is 5.74. The summed E-state index contributed by atoms with van der Waals surface area (Å²) in [6, 6.07) is 13.7. The monoisotopic (exact) mass is 255 g/mol. The molecular formula is C16H17NO2. The molecule has 0 atom stereocenters. The third-order valence-corrected chi connectivity index (χ3v) is 3.00. The van der Waals surface area contributed by atoms with Gasteiger partial charge in [0.1, 0.15) is 6.61 Å². The van der Waals surface area contributed by atoms with E-state index in [1.807, 2.05) is 49.4 Å². The number of aryl methyl sites for hydroxylation is 1. The molecule has 2 aromatic rings. The van der Waals surface area contributed by atoms with E-state index in [1.165, 1.54) is 6.92 Å². The molecule has 0 radical (unpaired) electrons. The van der Waals surface area contributed by atoms with Gasteiger partial charge in [-0.2, -0.15) is 0 Å². The largest absolute Gasteiger partial charge is 0.461 e. The smallest absolute Gasteiger partial charge is 0.302 e. The Labute approximate surface area is 113 Å². The van der Waals surface area contributed by atoms with E-state index in [9.17, 15) is 4.79 Å². The molecule has 0 aromatic heterocycles. The van der Waals surface area contributed by atoms with Gasteiger partial charge in [0.05, 0.1) is 0 Å². The van der Waals surface area contributed by atoms with Gasteiger partial charge in [-0.05, 0) is 41.3 Å². The van der Waals surface area contributed by atoms with E-state index in [0.29, 0.717) is 0 Å². The third kappa shape index (κ3) is 3.13. The average molecular weight is 255 g/mol. The molecule has 0 aliphatic carbocycles. The van der Waals surface area contributed by atoms with Crippen LogP contribution >= 0.6 is 0 Å². The molecule has 19 heavy (non-hydrogen) atoms. The van der Waals surface area contributed by atoms with Crippen molar-refractivity contribution < 1.29 is 9.53 Å². The Balaban J connectivity index is 2.43. The molecule has 0 saturated heterocycles. The lowest BCUT2D eigenvalue weighted by Gasteiger charge is -2.12. The van der Waals surface area contributed by atoms with Gasteiger partial charge in [-0.3, -0.25) is 4.79 Å². The predicted octanol–water partition coefficient (Wildman–Crippen LogP) is 3.31. The van der Waals surface area contributed by atoms with E-state index in [2.05, 4.69) is 0 Å². The topological polar surface area (TPSA) is 52.3 Å². The minimum atomic E-state index is -0.279. The Bertz CT molecular complexity index is 605. The number of carbonyl (C=O) groups excluding carboxylic acids is 1. The number of hydrogen-bond acceptors (Lipinski definition) is 3. The Hall–Kier alpha value is -2.29. The maximum atomic E-state index is 10.9. The Morgan fingerprint density at radius 1 is 1.16 bits per heavy atom. The zero-order chi connectivity index (χ0) is 13.8. The zero-order valence-corrected chi connectivity index (χ0v) is 11.1. The number of nitrogen functional groups attached to an aromatic ring is 1. The van der Waals surface area contributed by atoms with Crippen LogP contribution in [0.3, 0.4) is 0 Å². The first-order chi connectivity index (χ1) is 9.08. The number of carbonyl (C=O) groups is 1. The van der Waals surface area contributed by atoms with Gasteiger partial charge in [0.25, 0.3) is 0 Å². The molecule has 3 nitrogen and oxygen atoms in total. The fraction of sp³-hybridized carbons (Fsp3) is 0.188. The van der Waals surface area contributed by atoms with E-state index < -0.39 is 0 Å². The number of ether oxygens (including phenoxy) is 1. The minimum Gasteiger partial charge on any atom is -0.461 e. The van der Waals surface area contributed by atoms with Crippen molar-refractivity contribution in [2.45, 2.75) is 20.5 Å². The molecule has 0 unspecified atom stereocenters. The fourth-order valence-electron chi connectivity index (χ4n) is 2.02. The molecule has 0 fully saturated rings. The molecule has 2 rings (SSSR count). The summed E-state index contributed by atoms with van der Waals surface area (Å²) in [4.78, 5) is 10.9. The molecule has 0 aliphatic heterocycles. The van der Waals surface area contributed by atoms with Gasteiger partial charge in [0.15, 0.2) is 0 Å². The molecule has 0 spiro atoms. The van der Waals surface area contributed by atoms with Crippen molar-refractivity contribution in [3.8, 4) is 11.1 Å². The highest BCUT2D eigenvalue weighted by Gasteiger charge is 2.08. The summed E-state index contributed by atoms with van der Waals surface area (Å²) in [5, 5.41) is 0. The number of nitrogens with two attached hydrogens (primary N) is 1. The second-order valence-electron chi connectivity index (χ2n) is 4.51. The lowest BCUT2D eigenvalue weighted by Crippen LogP contribution is -2.01. The summed E-state index contributed by atoms with van der Waals surface area (Å²) < 4.78 is 5.09. The van der Waals surface area contributed by atoms with Crippen LogP contribution in [0.15, 0.2) is 42.5 Å². The van der Waals surface area contributed by atoms with Crippen LogP contribution in [0.2, 0.25) is 0 Å². The molecule has 0 aliphatic rings. The van der Waals surface area contributed by atoms with Crippen LogP contribution < -0.4 is 5.73 Å². The Morgan fingerprint density at radius 3 is 2.63 bits per heavy atom. The van der Waals surface area contributed by atoms with E-state index in [-0.39, 0.29) is 12.6 Å². The molecule has 98 valence electrons. The number of esters is 1. The van der Waals surface area contributed by atoms with Gasteiger partial charge in [-0.1, -0.05) is 30.3 Å². The highest BCUT2D eigenvalue weighted by Crippen LogP contribution is 2.29. The van der Waals surface area contributed by atoms with Crippen molar-refractivity contribution >= 4 is 11.7 Å². The van der Waals surface area contributed by atoms with Gasteiger partial charge in [0.2, 0.25) is 0 Å². The number of benzene rings is 2. The summed E-state index contributed by atoms with van der Waals surface area (Å²) in [7, 11) is 0. The van der Waals surface area contributed by atoms with Gasteiger partial charge >= 0.3 is 5.97 Å². The summed E-state index contributed by atoms with van der Waals surface area (Å²) in [6.07, 6.45) is 0. The summed E-state index contributed by atoms with van der Waals surface area (Å²) in [5.74, 6) is -0.279. The fourth-order valence-corrected chi connectivity index (χ4v) is 2.02. The number of anilines is 1. The molecule has 0 bridgehead atoms. The van der Waals surface area contributed by atoms with Gasteiger partial charge in [0, 0.05) is 12.6 Å². The SMILES string of the molecule is CC(=O)OCc1ccccc1-c1cc(N)ccc1C. The van der Waals surface area contributed by atoms with Crippen LogP contribution in [-0.2, 0) is 16.1 Å². The van der Waals surface area contributed by atoms with Crippen LogP contribution in [0.25, 0.3) is 11.1 Å². The standard InChI is InChI=1S/C16H17NO2/c1-11-7-8-14(17)9-16(11)15-6-4-3-5-13(15)10-19-12(2)18/h3-9H,10,17H2,1-2H3. The maximum Gasteiger partial charge on any atom is 0.302 e. The van der Waals surface area contributed by atoms with Crippen molar-refractivity contribution in [3.05, 3.63) is 53.6 Å². The van der Waals surface area contributed by atoms with Crippen molar-refractivity contribution in [1.29, 1.82) is 0 Å². The summed E-state index contributed by atoms with van der Waals surface area (Å²) in [6.45, 7) is 3.73. The predicted molar refractivity (Wildman–Crippen MR) is 76.5 cm³/mol. The third-order valence-electron chi connectivity index (χ3n) is 3.00. The summed E-state index contributed by atoms with van der Waals surface area (Å²) >= 11 is 0. The first-order valence-corrected chi connectivity index (χ1v) is 6.15. The zero-order valence-electron chi connectivity index (χ0n) is 11.1. The van der Waals surface area contributed by atoms with Gasteiger partial charge in [-0.15, -0.1) is 0 Å². The van der Waals surface area contributed by atoms with E-state index in [4.69, 9.17) is 10.5 Å². The number of rotatable bonds is 3. The van der Waals surface area contributed by atoms with Crippen molar-refractivity contribution in [2.75, 3.05) is 5.73 Å². The minimum absolute atomic E-state index is 0.278. The second kappa shape index (κ2) is 5.57. The molecule has 0 heterocycles. The summed E-state index contributed by atoms with van der Waals surface area (Å²) in [5.41, 5.74) is 10.8. The molecule has 2 N–H and O–H groups in total. The van der Waals surface area contributed by atoms with Crippen LogP contribution in [0.1, 0.15) is 18.1 Å². The Morgan fingerprint density at radius 2 is 1.89 bits per heavy atom. The van der Waals surface area contributed by atoms with Crippen molar-refractivity contribution in [1.82, 2.24) is 0 Å². The first kappa shape index (κ1) is 13.1. The van der Waals surface area contributed by atoms with Crippen LogP contribution in [0.5, 0.6) is 0 Å². The molecular weight excluding hydrogens is 238 g/mol. The van der Waals surface area contributed by atoms with Crippen LogP contribution in [0.4, 0.5) is 5.69 Å². The Kier molecular flexibility index (Phi) is 3.85. The molecule has 3 heteroatoms. The first-order valence-electron chi connectivity index (χ1n) is 6.15. The van der Waals surface area contributed by atoms with Crippen LogP contribution in [0, 0.1) is 6.92 Å². The van der Waals surface area contributed by atoms with Crippen molar-refractivity contribution in [3.63, 3.8) is 0 Å². The normalized spacial score (nSPS) is 10.2. The number of hydrogen-bond donors (Lipinski definition) is 1. The highest BCUT2D eigenvalue weighted by atomic mass is 16.5. The maximum absolute atomic E-state index is 10.9. The van der Waals surface area contributed by atoms with Gasteiger partial charge in [-0.25, -0.2) is 0 Å². The molecule has 2 aromatic carbocycles. The molecule has 0 amide bonds. The van der Waals surface area contributed by atoms with E-state index >= 15 is 0 Å². The van der Waals surface area contributed by atoms with Crippen molar-refractivity contribution in [2.24, 2.45) is 0 Å². The lowest BCUT2D eigenvalue weighted by molar-refractivity contribution is -0.142. The lowest BCUT2D eigenvalue weighted by atomic mass is 9.96. The van der Waals surface area contributed by atoms with E-state index in [0.717, 1.165) is 27.9 Å². The van der Waals surface area contributed by atoms with E-state index in [1.54, 1.807) is 0 Å². The average Bonchev–Trinajstić information content (AvgIpc) is 2.39. The quantitative estimate of drug-likeness (QED) is 0.676. The van der Waals surface area contributed by atoms with Crippen LogP contribution in [-0.4, -0.2) is 5.97 Å². The van der Waals surface area contributed by atoms with Gasteiger partial charge < -0.3 is 10.5 Å². The second-order valence-corrected chi connectivity index (χ2v) is 4.51.